The van der Waals surface area contributed by atoms with Crippen LogP contribution in [-0.4, -0.2) is 24.3 Å². The van der Waals surface area contributed by atoms with Gasteiger partial charge in [-0.25, -0.2) is 4.39 Å². The van der Waals surface area contributed by atoms with Crippen molar-refractivity contribution in [1.82, 2.24) is 5.32 Å². The van der Waals surface area contributed by atoms with Gasteiger partial charge in [0.25, 0.3) is 5.91 Å². The molecule has 1 heterocycles. The Labute approximate surface area is 211 Å². The third-order valence-electron chi connectivity index (χ3n) is 5.95. The van der Waals surface area contributed by atoms with Crippen LogP contribution in [0.1, 0.15) is 51.3 Å². The molecule has 0 unspecified atom stereocenters. The van der Waals surface area contributed by atoms with Crippen molar-refractivity contribution in [2.45, 2.75) is 32.0 Å². The van der Waals surface area contributed by atoms with Crippen LogP contribution in [0.3, 0.4) is 0 Å². The lowest BCUT2D eigenvalue weighted by Crippen LogP contribution is -2.43. The van der Waals surface area contributed by atoms with Crippen LogP contribution in [0.2, 0.25) is 0 Å². The van der Waals surface area contributed by atoms with Crippen LogP contribution < -0.4 is 15.4 Å². The number of methoxy groups -OCH3 is 1. The number of allylic oxidation sites excluding steroid dienone is 1. The SMILES string of the molecule is COc1ccc2c(c1)C(=CC(=O)c1ccc(NC(=O)c3ccc(F)cc3C(F)(F)F)cc1)NC(C)(C)C2. The van der Waals surface area contributed by atoms with E-state index in [-0.39, 0.29) is 23.1 Å². The molecule has 4 rings (SSSR count). The lowest BCUT2D eigenvalue weighted by molar-refractivity contribution is -0.138. The highest BCUT2D eigenvalue weighted by atomic mass is 19.4. The number of amides is 1. The van der Waals surface area contributed by atoms with Crippen molar-refractivity contribution in [3.63, 3.8) is 0 Å². The van der Waals surface area contributed by atoms with Gasteiger partial charge in [0.2, 0.25) is 0 Å². The number of ketones is 1. The number of alkyl halides is 3. The van der Waals surface area contributed by atoms with Crippen LogP contribution >= 0.6 is 0 Å². The van der Waals surface area contributed by atoms with E-state index >= 15 is 0 Å². The third kappa shape index (κ3) is 5.82. The summed E-state index contributed by atoms with van der Waals surface area (Å²) >= 11 is 0. The molecule has 1 aliphatic rings. The fourth-order valence-electron chi connectivity index (χ4n) is 4.23. The number of anilines is 1. The summed E-state index contributed by atoms with van der Waals surface area (Å²) < 4.78 is 58.4. The van der Waals surface area contributed by atoms with Gasteiger partial charge in [0.15, 0.2) is 5.78 Å². The van der Waals surface area contributed by atoms with Crippen molar-refractivity contribution < 1.29 is 31.9 Å². The summed E-state index contributed by atoms with van der Waals surface area (Å²) in [6.45, 7) is 4.06. The van der Waals surface area contributed by atoms with Crippen molar-refractivity contribution in [1.29, 1.82) is 0 Å². The average Bonchev–Trinajstić information content (AvgIpc) is 2.83. The maximum atomic E-state index is 13.3. The van der Waals surface area contributed by atoms with E-state index in [0.717, 1.165) is 29.7 Å². The molecule has 192 valence electrons. The molecule has 0 saturated heterocycles. The monoisotopic (exact) mass is 512 g/mol. The van der Waals surface area contributed by atoms with Crippen LogP contribution in [-0.2, 0) is 12.6 Å². The Balaban J connectivity index is 1.56. The van der Waals surface area contributed by atoms with E-state index in [0.29, 0.717) is 17.0 Å². The van der Waals surface area contributed by atoms with E-state index in [2.05, 4.69) is 10.6 Å². The Morgan fingerprint density at radius 3 is 2.38 bits per heavy atom. The van der Waals surface area contributed by atoms with Gasteiger partial charge in [-0.3, -0.25) is 9.59 Å². The smallest absolute Gasteiger partial charge is 0.417 e. The van der Waals surface area contributed by atoms with Crippen molar-refractivity contribution in [3.8, 4) is 5.75 Å². The lowest BCUT2D eigenvalue weighted by atomic mass is 9.85. The summed E-state index contributed by atoms with van der Waals surface area (Å²) in [6, 6.07) is 13.3. The first-order valence-corrected chi connectivity index (χ1v) is 11.4. The van der Waals surface area contributed by atoms with E-state index in [1.807, 2.05) is 32.0 Å². The molecule has 5 nitrogen and oxygen atoms in total. The Morgan fingerprint density at radius 1 is 1.03 bits per heavy atom. The normalized spacial score (nSPS) is 15.5. The van der Waals surface area contributed by atoms with Crippen LogP contribution in [0.4, 0.5) is 23.2 Å². The van der Waals surface area contributed by atoms with Gasteiger partial charge in [-0.15, -0.1) is 0 Å². The molecule has 0 atom stereocenters. The molecule has 0 bridgehead atoms. The molecule has 0 aliphatic carbocycles. The number of ether oxygens (including phenoxy) is 1. The zero-order valence-corrected chi connectivity index (χ0v) is 20.3. The maximum Gasteiger partial charge on any atom is 0.417 e. The number of halogens is 4. The number of carbonyl (C=O) groups is 2. The van der Waals surface area contributed by atoms with Crippen molar-refractivity contribution in [3.05, 3.63) is 100 Å². The molecule has 0 fully saturated rings. The van der Waals surface area contributed by atoms with E-state index in [4.69, 9.17) is 4.74 Å². The molecule has 9 heteroatoms. The summed E-state index contributed by atoms with van der Waals surface area (Å²) in [6.07, 6.45) is -2.65. The molecular formula is C28H24F4N2O3. The predicted octanol–water partition coefficient (Wildman–Crippen LogP) is 6.25. The molecule has 1 aliphatic heterocycles. The van der Waals surface area contributed by atoms with E-state index in [1.165, 1.54) is 30.3 Å². The molecule has 3 aromatic carbocycles. The summed E-state index contributed by atoms with van der Waals surface area (Å²) in [5.41, 5.74) is 0.704. The first-order valence-electron chi connectivity index (χ1n) is 11.4. The van der Waals surface area contributed by atoms with Crippen LogP contribution in [0.5, 0.6) is 5.75 Å². The van der Waals surface area contributed by atoms with E-state index in [9.17, 15) is 27.2 Å². The molecule has 0 radical (unpaired) electrons. The van der Waals surface area contributed by atoms with Gasteiger partial charge in [-0.1, -0.05) is 6.07 Å². The fourth-order valence-corrected chi connectivity index (χ4v) is 4.23. The molecule has 2 N–H and O–H groups in total. The average molecular weight is 513 g/mol. The Morgan fingerprint density at radius 2 is 1.73 bits per heavy atom. The van der Waals surface area contributed by atoms with Crippen molar-refractivity contribution >= 4 is 23.1 Å². The first kappa shape index (κ1) is 25.9. The second-order valence-electron chi connectivity index (χ2n) is 9.35. The highest BCUT2D eigenvalue weighted by Crippen LogP contribution is 2.34. The Kier molecular flexibility index (Phi) is 6.82. The summed E-state index contributed by atoms with van der Waals surface area (Å²) in [5, 5.41) is 5.75. The molecule has 37 heavy (non-hydrogen) atoms. The third-order valence-corrected chi connectivity index (χ3v) is 5.95. The molecule has 1 amide bonds. The van der Waals surface area contributed by atoms with Crippen molar-refractivity contribution in [2.75, 3.05) is 12.4 Å². The number of rotatable bonds is 5. The predicted molar refractivity (Wildman–Crippen MR) is 132 cm³/mol. The second kappa shape index (κ2) is 9.72. The molecular weight excluding hydrogens is 488 g/mol. The van der Waals surface area contributed by atoms with Crippen LogP contribution in [0.15, 0.2) is 66.7 Å². The van der Waals surface area contributed by atoms with Gasteiger partial charge in [-0.2, -0.15) is 13.2 Å². The number of hydrogen-bond acceptors (Lipinski definition) is 4. The van der Waals surface area contributed by atoms with Gasteiger partial charge < -0.3 is 15.4 Å². The number of benzene rings is 3. The lowest BCUT2D eigenvalue weighted by Gasteiger charge is -2.35. The number of carbonyl (C=O) groups excluding carboxylic acids is 2. The first-order chi connectivity index (χ1) is 17.4. The molecule has 0 saturated carbocycles. The Hall–Kier alpha value is -4.14. The minimum absolute atomic E-state index is 0.179. The molecule has 0 spiro atoms. The summed E-state index contributed by atoms with van der Waals surface area (Å²) in [7, 11) is 1.57. The van der Waals surface area contributed by atoms with Gasteiger partial charge >= 0.3 is 6.18 Å². The topological polar surface area (TPSA) is 67.4 Å². The van der Waals surface area contributed by atoms with Gasteiger partial charge in [0, 0.05) is 34.1 Å². The van der Waals surface area contributed by atoms with Crippen LogP contribution in [0.25, 0.3) is 5.70 Å². The number of hydrogen-bond donors (Lipinski definition) is 2. The Bertz CT molecular complexity index is 1390. The summed E-state index contributed by atoms with van der Waals surface area (Å²) in [5.74, 6) is -1.79. The van der Waals surface area contributed by atoms with Crippen molar-refractivity contribution in [2.24, 2.45) is 0 Å². The summed E-state index contributed by atoms with van der Waals surface area (Å²) in [4.78, 5) is 25.5. The number of fused-ring (bicyclic) bond motifs is 1. The minimum Gasteiger partial charge on any atom is -0.497 e. The van der Waals surface area contributed by atoms with E-state index < -0.39 is 29.0 Å². The zero-order valence-electron chi connectivity index (χ0n) is 20.3. The molecule has 3 aromatic rings. The number of nitrogens with one attached hydrogen (secondary N) is 2. The zero-order chi connectivity index (χ0) is 27.0. The van der Waals surface area contributed by atoms with Gasteiger partial charge in [0.1, 0.15) is 11.6 Å². The van der Waals surface area contributed by atoms with Crippen LogP contribution in [0, 0.1) is 5.82 Å². The van der Waals surface area contributed by atoms with Gasteiger partial charge in [-0.05, 0) is 80.4 Å². The fraction of sp³-hybridized carbons (Fsp3) is 0.214. The maximum absolute atomic E-state index is 13.3. The largest absolute Gasteiger partial charge is 0.497 e. The quantitative estimate of drug-likeness (QED) is 0.241. The second-order valence-corrected chi connectivity index (χ2v) is 9.35. The highest BCUT2D eigenvalue weighted by Gasteiger charge is 2.35. The molecule has 0 aromatic heterocycles. The van der Waals surface area contributed by atoms with E-state index in [1.54, 1.807) is 7.11 Å². The standard InChI is InChI=1S/C28H24F4N2O3/c1-27(2)15-17-6-10-20(37-3)13-22(17)24(34-27)14-25(35)16-4-8-19(9-5-16)33-26(36)21-11-7-18(29)12-23(21)28(30,31)32/h4-14,34H,15H2,1-3H3,(H,33,36). The van der Waals surface area contributed by atoms with Gasteiger partial charge in [0.05, 0.1) is 18.2 Å². The minimum atomic E-state index is -4.90. The highest BCUT2D eigenvalue weighted by molar-refractivity contribution is 6.09.